The largest absolute Gasteiger partial charge is 0.497 e. The van der Waals surface area contributed by atoms with E-state index < -0.39 is 0 Å². The smallest absolute Gasteiger partial charge is 0.318 e. The standard InChI is InChI=1S/C13H17IO3/c1-16-11-7-3-5-10(9-11)6-4-8-12(14)13(15)17-2/h3,5,7,9,12H,4,6,8H2,1-2H3. The Morgan fingerprint density at radius 1 is 1.41 bits per heavy atom. The van der Waals surface area contributed by atoms with Gasteiger partial charge in [0.1, 0.15) is 9.67 Å². The molecule has 4 heteroatoms. The van der Waals surface area contributed by atoms with Gasteiger partial charge in [-0.05, 0) is 37.0 Å². The van der Waals surface area contributed by atoms with Crippen molar-refractivity contribution in [3.05, 3.63) is 29.8 Å². The fraction of sp³-hybridized carbons (Fsp3) is 0.462. The third kappa shape index (κ3) is 4.93. The van der Waals surface area contributed by atoms with Crippen molar-refractivity contribution >= 4 is 28.6 Å². The summed E-state index contributed by atoms with van der Waals surface area (Å²) >= 11 is 2.13. The van der Waals surface area contributed by atoms with Gasteiger partial charge in [-0.15, -0.1) is 0 Å². The highest BCUT2D eigenvalue weighted by Crippen LogP contribution is 2.17. The molecule has 1 unspecified atom stereocenters. The van der Waals surface area contributed by atoms with Gasteiger partial charge in [0.05, 0.1) is 14.2 Å². The molecule has 0 saturated carbocycles. The summed E-state index contributed by atoms with van der Waals surface area (Å²) in [6.07, 6.45) is 2.76. The van der Waals surface area contributed by atoms with Gasteiger partial charge < -0.3 is 9.47 Å². The van der Waals surface area contributed by atoms with E-state index in [0.717, 1.165) is 25.0 Å². The van der Waals surface area contributed by atoms with Gasteiger partial charge in [0.15, 0.2) is 0 Å². The molecule has 94 valence electrons. The number of ether oxygens (including phenoxy) is 2. The summed E-state index contributed by atoms with van der Waals surface area (Å²) in [5.74, 6) is 0.734. The minimum atomic E-state index is -0.142. The Balaban J connectivity index is 2.37. The second-order valence-corrected chi connectivity index (χ2v) is 5.24. The Kier molecular flexibility index (Phi) is 6.32. The fourth-order valence-electron chi connectivity index (χ4n) is 1.56. The highest BCUT2D eigenvalue weighted by atomic mass is 127. The lowest BCUT2D eigenvalue weighted by Crippen LogP contribution is -2.15. The van der Waals surface area contributed by atoms with Crippen molar-refractivity contribution in [2.45, 2.75) is 23.2 Å². The molecule has 1 rings (SSSR count). The van der Waals surface area contributed by atoms with Crippen molar-refractivity contribution in [2.75, 3.05) is 14.2 Å². The predicted octanol–water partition coefficient (Wildman–Crippen LogP) is 2.99. The summed E-state index contributed by atoms with van der Waals surface area (Å²) in [5, 5.41) is 0. The van der Waals surface area contributed by atoms with Gasteiger partial charge >= 0.3 is 5.97 Å². The van der Waals surface area contributed by atoms with E-state index >= 15 is 0 Å². The number of aryl methyl sites for hydroxylation is 1. The molecule has 0 spiro atoms. The van der Waals surface area contributed by atoms with E-state index in [1.165, 1.54) is 12.7 Å². The Morgan fingerprint density at radius 2 is 2.18 bits per heavy atom. The summed E-state index contributed by atoms with van der Waals surface area (Å²) in [6, 6.07) is 8.01. The average molecular weight is 348 g/mol. The zero-order valence-corrected chi connectivity index (χ0v) is 12.3. The van der Waals surface area contributed by atoms with Gasteiger partial charge in [0, 0.05) is 0 Å². The van der Waals surface area contributed by atoms with Gasteiger partial charge in [-0.3, -0.25) is 4.79 Å². The van der Waals surface area contributed by atoms with E-state index in [2.05, 4.69) is 33.4 Å². The first-order valence-corrected chi connectivity index (χ1v) is 6.76. The highest BCUT2D eigenvalue weighted by molar-refractivity contribution is 14.1. The number of hydrogen-bond acceptors (Lipinski definition) is 3. The zero-order valence-electron chi connectivity index (χ0n) is 10.1. The monoisotopic (exact) mass is 348 g/mol. The molecular formula is C13H17IO3. The number of carbonyl (C=O) groups is 1. The van der Waals surface area contributed by atoms with Crippen LogP contribution in [-0.4, -0.2) is 24.1 Å². The maximum atomic E-state index is 11.2. The first kappa shape index (κ1) is 14.3. The lowest BCUT2D eigenvalue weighted by atomic mass is 10.1. The molecule has 1 atom stereocenters. The number of rotatable bonds is 6. The highest BCUT2D eigenvalue weighted by Gasteiger charge is 2.14. The van der Waals surface area contributed by atoms with Crippen LogP contribution in [0.15, 0.2) is 24.3 Å². The fourth-order valence-corrected chi connectivity index (χ4v) is 2.25. The SMILES string of the molecule is COC(=O)C(I)CCCc1cccc(OC)c1. The van der Waals surface area contributed by atoms with Crippen LogP contribution in [0.25, 0.3) is 0 Å². The summed E-state index contributed by atoms with van der Waals surface area (Å²) in [5.41, 5.74) is 1.23. The van der Waals surface area contributed by atoms with Crippen LogP contribution in [0.3, 0.4) is 0 Å². The molecule has 0 N–H and O–H groups in total. The molecule has 0 aromatic heterocycles. The Morgan fingerprint density at radius 3 is 2.82 bits per heavy atom. The lowest BCUT2D eigenvalue weighted by Gasteiger charge is -2.08. The van der Waals surface area contributed by atoms with Crippen LogP contribution in [0, 0.1) is 0 Å². The normalized spacial score (nSPS) is 11.9. The third-order valence-corrected chi connectivity index (χ3v) is 3.65. The summed E-state index contributed by atoms with van der Waals surface area (Å²) in [7, 11) is 3.09. The van der Waals surface area contributed by atoms with E-state index in [0.29, 0.717) is 0 Å². The molecule has 0 aliphatic heterocycles. The number of alkyl halides is 1. The molecule has 1 aromatic carbocycles. The Bertz CT molecular complexity index is 365. The second kappa shape index (κ2) is 7.53. The topological polar surface area (TPSA) is 35.5 Å². The van der Waals surface area contributed by atoms with Crippen molar-refractivity contribution in [3.8, 4) is 5.75 Å². The van der Waals surface area contributed by atoms with Crippen LogP contribution in [0.5, 0.6) is 5.75 Å². The summed E-state index contributed by atoms with van der Waals surface area (Å²) in [4.78, 5) is 11.2. The van der Waals surface area contributed by atoms with Crippen molar-refractivity contribution in [3.63, 3.8) is 0 Å². The number of hydrogen-bond donors (Lipinski definition) is 0. The minimum absolute atomic E-state index is 0.0526. The summed E-state index contributed by atoms with van der Waals surface area (Å²) in [6.45, 7) is 0. The third-order valence-electron chi connectivity index (χ3n) is 2.51. The van der Waals surface area contributed by atoms with E-state index in [-0.39, 0.29) is 9.89 Å². The summed E-state index contributed by atoms with van der Waals surface area (Å²) < 4.78 is 9.79. The number of benzene rings is 1. The number of halogens is 1. The van der Waals surface area contributed by atoms with Gasteiger partial charge in [0.2, 0.25) is 0 Å². The van der Waals surface area contributed by atoms with Crippen LogP contribution in [0.4, 0.5) is 0 Å². The van der Waals surface area contributed by atoms with Crippen LogP contribution in [0.2, 0.25) is 0 Å². The Hall–Kier alpha value is -0.780. The molecule has 0 radical (unpaired) electrons. The number of carbonyl (C=O) groups excluding carboxylic acids is 1. The van der Waals surface area contributed by atoms with Crippen molar-refractivity contribution in [1.82, 2.24) is 0 Å². The van der Waals surface area contributed by atoms with E-state index in [4.69, 9.17) is 4.74 Å². The van der Waals surface area contributed by atoms with E-state index in [1.807, 2.05) is 18.2 Å². The molecule has 0 aliphatic carbocycles. The molecule has 0 heterocycles. The lowest BCUT2D eigenvalue weighted by molar-refractivity contribution is -0.139. The van der Waals surface area contributed by atoms with Gasteiger partial charge in [0.25, 0.3) is 0 Å². The van der Waals surface area contributed by atoms with Gasteiger partial charge in [-0.1, -0.05) is 34.7 Å². The van der Waals surface area contributed by atoms with Crippen LogP contribution in [0.1, 0.15) is 18.4 Å². The molecule has 0 amide bonds. The van der Waals surface area contributed by atoms with Crippen LogP contribution in [-0.2, 0) is 16.0 Å². The van der Waals surface area contributed by atoms with Gasteiger partial charge in [-0.25, -0.2) is 0 Å². The molecule has 0 bridgehead atoms. The zero-order chi connectivity index (χ0) is 12.7. The van der Waals surface area contributed by atoms with Crippen molar-refractivity contribution in [1.29, 1.82) is 0 Å². The molecule has 3 nitrogen and oxygen atoms in total. The predicted molar refractivity (Wildman–Crippen MR) is 75.8 cm³/mol. The molecule has 0 fully saturated rings. The van der Waals surface area contributed by atoms with E-state index in [1.54, 1.807) is 7.11 Å². The number of esters is 1. The van der Waals surface area contributed by atoms with Crippen molar-refractivity contribution < 1.29 is 14.3 Å². The molecule has 0 aliphatic rings. The van der Waals surface area contributed by atoms with Crippen LogP contribution < -0.4 is 4.74 Å². The van der Waals surface area contributed by atoms with Crippen LogP contribution >= 0.6 is 22.6 Å². The number of methoxy groups -OCH3 is 2. The first-order valence-electron chi connectivity index (χ1n) is 5.52. The molecule has 0 saturated heterocycles. The Labute approximate surface area is 116 Å². The quantitative estimate of drug-likeness (QED) is 0.450. The van der Waals surface area contributed by atoms with Gasteiger partial charge in [-0.2, -0.15) is 0 Å². The second-order valence-electron chi connectivity index (χ2n) is 3.73. The first-order chi connectivity index (χ1) is 8.17. The molecule has 1 aromatic rings. The van der Waals surface area contributed by atoms with Crippen molar-refractivity contribution in [2.24, 2.45) is 0 Å². The molecule has 17 heavy (non-hydrogen) atoms. The average Bonchev–Trinajstić information content (AvgIpc) is 2.37. The maximum Gasteiger partial charge on any atom is 0.318 e. The van der Waals surface area contributed by atoms with E-state index in [9.17, 15) is 4.79 Å². The molecular weight excluding hydrogens is 331 g/mol. The minimum Gasteiger partial charge on any atom is -0.497 e. The maximum absolute atomic E-state index is 11.2.